The van der Waals surface area contributed by atoms with E-state index in [4.69, 9.17) is 25.6 Å². The fraction of sp³-hybridized carbons (Fsp3) is 0.450. The summed E-state index contributed by atoms with van der Waals surface area (Å²) in [5, 5.41) is 11.1. The van der Waals surface area contributed by atoms with Gasteiger partial charge in [0, 0.05) is 17.3 Å². The SMILES string of the molecule is COC(=O)C(C)N=[P+]([O-])OC(Oc1ccc(Cl)cc1)[C@@H]1O[C@@H](n2ccc(=O)[nH]c2=O)[C@](C)(F)[C@@H]1O. The van der Waals surface area contributed by atoms with Gasteiger partial charge < -0.3 is 24.2 Å². The molecule has 2 aromatic rings. The Morgan fingerprint density at radius 3 is 2.63 bits per heavy atom. The van der Waals surface area contributed by atoms with Gasteiger partial charge in [-0.25, -0.2) is 14.0 Å². The Kier molecular flexibility index (Phi) is 8.42. The Labute approximate surface area is 203 Å². The summed E-state index contributed by atoms with van der Waals surface area (Å²) >= 11 is 5.87. The van der Waals surface area contributed by atoms with E-state index in [0.717, 1.165) is 30.9 Å². The molecule has 1 fully saturated rings. The van der Waals surface area contributed by atoms with Crippen molar-refractivity contribution in [3.63, 3.8) is 0 Å². The summed E-state index contributed by atoms with van der Waals surface area (Å²) in [7, 11) is -1.83. The number of hydrogen-bond donors (Lipinski definition) is 2. The molecule has 1 saturated heterocycles. The molecule has 0 bridgehead atoms. The van der Waals surface area contributed by atoms with Crippen LogP contribution in [0, 0.1) is 0 Å². The van der Waals surface area contributed by atoms with Crippen molar-refractivity contribution in [3.8, 4) is 5.75 Å². The van der Waals surface area contributed by atoms with E-state index < -0.39 is 61.8 Å². The molecule has 0 amide bonds. The summed E-state index contributed by atoms with van der Waals surface area (Å²) in [5.74, 6) is -0.650. The number of nitrogens with zero attached hydrogens (tertiary/aromatic N) is 2. The first-order chi connectivity index (χ1) is 16.4. The van der Waals surface area contributed by atoms with Gasteiger partial charge in [0.2, 0.25) is 0 Å². The molecule has 35 heavy (non-hydrogen) atoms. The van der Waals surface area contributed by atoms with Crippen molar-refractivity contribution in [3.05, 3.63) is 62.4 Å². The third-order valence-electron chi connectivity index (χ3n) is 5.10. The van der Waals surface area contributed by atoms with Crippen LogP contribution < -0.4 is 20.9 Å². The highest BCUT2D eigenvalue weighted by atomic mass is 35.5. The highest BCUT2D eigenvalue weighted by Gasteiger charge is 2.59. The number of benzene rings is 1. The van der Waals surface area contributed by atoms with Gasteiger partial charge in [-0.3, -0.25) is 14.3 Å². The molecule has 2 heterocycles. The minimum Gasteiger partial charge on any atom is -0.583 e. The standard InChI is InChI=1S/C20H22ClFN3O9P/c1-10(16(28)31-3)24-35(30)34-17(32-12-6-4-11(21)5-7-12)14-15(27)20(2,22)18(33-14)25-9-8-13(26)23-19(25)29/h4-10,14-15,17-18,27H,1-3H3,(H,23,26,29)/t10?,14-,15-,17?,18-,20-/m1/s1. The zero-order valence-corrected chi connectivity index (χ0v) is 20.3. The smallest absolute Gasteiger partial charge is 0.346 e. The molecule has 0 radical (unpaired) electrons. The molecule has 0 saturated carbocycles. The van der Waals surface area contributed by atoms with E-state index in [0.29, 0.717) is 5.02 Å². The number of H-pyrrole nitrogens is 1. The molecular weight excluding hydrogens is 512 g/mol. The average Bonchev–Trinajstić information content (AvgIpc) is 3.03. The number of alkyl halides is 1. The summed E-state index contributed by atoms with van der Waals surface area (Å²) in [6, 6.07) is 5.63. The third kappa shape index (κ3) is 6.13. The summed E-state index contributed by atoms with van der Waals surface area (Å²) in [5.41, 5.74) is -4.28. The van der Waals surface area contributed by atoms with Gasteiger partial charge in [0.1, 0.15) is 11.9 Å². The minimum atomic E-state index is -2.95. The van der Waals surface area contributed by atoms with E-state index in [1.165, 1.54) is 31.2 Å². The lowest BCUT2D eigenvalue weighted by Gasteiger charge is -2.25. The van der Waals surface area contributed by atoms with E-state index in [2.05, 4.69) is 9.48 Å². The molecule has 15 heteroatoms. The first kappa shape index (κ1) is 26.9. The topological polar surface area (TPSA) is 164 Å². The van der Waals surface area contributed by atoms with Crippen molar-refractivity contribution in [1.29, 1.82) is 0 Å². The van der Waals surface area contributed by atoms with Gasteiger partial charge in [-0.1, -0.05) is 16.3 Å². The number of aromatic nitrogens is 2. The summed E-state index contributed by atoms with van der Waals surface area (Å²) in [4.78, 5) is 49.7. The van der Waals surface area contributed by atoms with Crippen LogP contribution in [-0.2, 0) is 18.8 Å². The van der Waals surface area contributed by atoms with Gasteiger partial charge in [0.15, 0.2) is 24.0 Å². The van der Waals surface area contributed by atoms with Crippen LogP contribution in [0.25, 0.3) is 0 Å². The average molecular weight is 534 g/mol. The Morgan fingerprint density at radius 1 is 1.37 bits per heavy atom. The molecule has 7 atom stereocenters. The second kappa shape index (κ2) is 10.9. The highest BCUT2D eigenvalue weighted by molar-refractivity contribution is 7.33. The predicted molar refractivity (Wildman–Crippen MR) is 119 cm³/mol. The van der Waals surface area contributed by atoms with Gasteiger partial charge in [-0.05, 0) is 38.1 Å². The number of rotatable bonds is 8. The Balaban J connectivity index is 1.95. The minimum absolute atomic E-state index is 0.129. The Morgan fingerprint density at radius 2 is 2.03 bits per heavy atom. The molecule has 190 valence electrons. The van der Waals surface area contributed by atoms with Crippen LogP contribution >= 0.6 is 19.8 Å². The van der Waals surface area contributed by atoms with Crippen LogP contribution in [0.3, 0.4) is 0 Å². The zero-order valence-electron chi connectivity index (χ0n) is 18.7. The van der Waals surface area contributed by atoms with Gasteiger partial charge in [0.05, 0.1) is 7.11 Å². The highest BCUT2D eigenvalue weighted by Crippen LogP contribution is 2.43. The number of methoxy groups -OCH3 is 1. The molecule has 0 aliphatic carbocycles. The molecular formula is C20H22ClFN3O9P. The molecule has 1 aromatic carbocycles. The second-order valence-electron chi connectivity index (χ2n) is 7.66. The number of nitrogens with one attached hydrogen (secondary N) is 1. The largest absolute Gasteiger partial charge is 0.583 e. The number of aliphatic hydroxyl groups is 1. The number of esters is 1. The Bertz CT molecular complexity index is 1200. The summed E-state index contributed by atoms with van der Waals surface area (Å²) in [6.07, 6.45) is -6.02. The lowest BCUT2D eigenvalue weighted by Crippen LogP contribution is -2.46. The van der Waals surface area contributed by atoms with E-state index >= 15 is 4.39 Å². The fourth-order valence-corrected chi connectivity index (χ4v) is 4.16. The molecule has 12 nitrogen and oxygen atoms in total. The van der Waals surface area contributed by atoms with E-state index in [9.17, 15) is 24.4 Å². The maximum Gasteiger partial charge on any atom is 0.346 e. The number of aliphatic hydroxyl groups excluding tert-OH is 1. The van der Waals surface area contributed by atoms with Gasteiger partial charge in [0.25, 0.3) is 11.8 Å². The Hall–Kier alpha value is -2.67. The van der Waals surface area contributed by atoms with Gasteiger partial charge in [-0.2, -0.15) is 0 Å². The lowest BCUT2D eigenvalue weighted by atomic mass is 9.98. The van der Waals surface area contributed by atoms with Crippen LogP contribution in [0.5, 0.6) is 5.75 Å². The van der Waals surface area contributed by atoms with Crippen LogP contribution in [-0.4, -0.2) is 57.9 Å². The lowest BCUT2D eigenvalue weighted by molar-refractivity contribution is -0.206. The third-order valence-corrected chi connectivity index (χ3v) is 6.28. The van der Waals surface area contributed by atoms with E-state index in [1.54, 1.807) is 0 Å². The maximum atomic E-state index is 15.6. The number of carbonyl (C=O) groups is 1. The van der Waals surface area contributed by atoms with Crippen molar-refractivity contribution in [2.24, 2.45) is 4.74 Å². The van der Waals surface area contributed by atoms with E-state index in [-0.39, 0.29) is 5.75 Å². The quantitative estimate of drug-likeness (QED) is 0.286. The zero-order chi connectivity index (χ0) is 25.9. The normalized spacial score (nSPS) is 26.3. The molecule has 1 aliphatic heterocycles. The summed E-state index contributed by atoms with van der Waals surface area (Å²) < 4.78 is 41.1. The van der Waals surface area contributed by atoms with Crippen molar-refractivity contribution in [2.75, 3.05) is 7.11 Å². The van der Waals surface area contributed by atoms with Crippen molar-refractivity contribution in [2.45, 2.75) is 50.3 Å². The molecule has 1 aromatic heterocycles. The molecule has 3 rings (SSSR count). The molecule has 3 unspecified atom stereocenters. The van der Waals surface area contributed by atoms with Crippen LogP contribution in [0.15, 0.2) is 50.9 Å². The maximum absolute atomic E-state index is 15.6. The summed E-state index contributed by atoms with van der Waals surface area (Å²) in [6.45, 7) is 2.29. The monoisotopic (exact) mass is 533 g/mol. The first-order valence-corrected chi connectivity index (χ1v) is 11.6. The molecule has 2 N–H and O–H groups in total. The van der Waals surface area contributed by atoms with Crippen LogP contribution in [0.2, 0.25) is 5.02 Å². The number of carbonyl (C=O) groups excluding carboxylic acids is 1. The van der Waals surface area contributed by atoms with Crippen LogP contribution in [0.4, 0.5) is 4.39 Å². The van der Waals surface area contributed by atoms with Crippen molar-refractivity contribution in [1.82, 2.24) is 9.55 Å². The van der Waals surface area contributed by atoms with Gasteiger partial charge >= 0.3 is 19.8 Å². The van der Waals surface area contributed by atoms with Crippen molar-refractivity contribution < 1.29 is 37.9 Å². The number of aromatic amines is 1. The molecule has 0 spiro atoms. The second-order valence-corrected chi connectivity index (χ2v) is 9.02. The number of hydrogen-bond acceptors (Lipinski definition) is 10. The fourth-order valence-electron chi connectivity index (χ4n) is 3.26. The number of halogens is 2. The van der Waals surface area contributed by atoms with Gasteiger partial charge in [-0.15, -0.1) is 4.52 Å². The predicted octanol–water partition coefficient (Wildman–Crippen LogP) is 1.02. The number of ether oxygens (including phenoxy) is 3. The molecule has 1 aliphatic rings. The van der Waals surface area contributed by atoms with Crippen molar-refractivity contribution >= 4 is 25.7 Å². The van der Waals surface area contributed by atoms with E-state index in [1.807, 2.05) is 4.98 Å². The first-order valence-electron chi connectivity index (χ1n) is 10.1. The van der Waals surface area contributed by atoms with Crippen LogP contribution in [0.1, 0.15) is 20.1 Å².